The van der Waals surface area contributed by atoms with Crippen molar-refractivity contribution in [3.8, 4) is 5.75 Å². The van der Waals surface area contributed by atoms with Crippen LogP contribution in [0.15, 0.2) is 71.8 Å². The van der Waals surface area contributed by atoms with Crippen LogP contribution in [0.3, 0.4) is 0 Å². The average Bonchev–Trinajstić information content (AvgIpc) is 3.05. The molecule has 2 aliphatic rings. The molecule has 4 aromatic rings. The predicted octanol–water partition coefficient (Wildman–Crippen LogP) is 4.76. The van der Waals surface area contributed by atoms with Crippen LogP contribution in [0.2, 0.25) is 0 Å². The Hall–Kier alpha value is -4.35. The predicted molar refractivity (Wildman–Crippen MR) is 168 cm³/mol. The van der Waals surface area contributed by atoms with E-state index in [4.69, 9.17) is 19.4 Å². The molecule has 230 valence electrons. The van der Waals surface area contributed by atoms with Crippen molar-refractivity contribution in [2.24, 2.45) is 0 Å². The van der Waals surface area contributed by atoms with Gasteiger partial charge in [-0.2, -0.15) is 4.98 Å². The first-order valence-corrected chi connectivity index (χ1v) is 15.3. The van der Waals surface area contributed by atoms with Crippen LogP contribution in [0.5, 0.6) is 5.75 Å². The lowest BCUT2D eigenvalue weighted by molar-refractivity contribution is -0.0504. The molecule has 1 N–H and O–H groups in total. The maximum atomic E-state index is 12.8. The lowest BCUT2D eigenvalue weighted by atomic mass is 9.83. The third-order valence-corrected chi connectivity index (χ3v) is 8.70. The summed E-state index contributed by atoms with van der Waals surface area (Å²) in [5.74, 6) is 1.01. The lowest BCUT2D eigenvalue weighted by Crippen LogP contribution is -2.58. The van der Waals surface area contributed by atoms with Crippen molar-refractivity contribution in [3.05, 3.63) is 88.6 Å². The van der Waals surface area contributed by atoms with E-state index in [1.54, 1.807) is 39.9 Å². The van der Waals surface area contributed by atoms with Gasteiger partial charge < -0.3 is 19.7 Å². The zero-order chi connectivity index (χ0) is 30.7. The van der Waals surface area contributed by atoms with Crippen LogP contribution in [0, 0.1) is 0 Å². The molecule has 44 heavy (non-hydrogen) atoms. The number of fused-ring (bicyclic) bond motifs is 1. The van der Waals surface area contributed by atoms with Gasteiger partial charge in [-0.05, 0) is 63.4 Å². The third-order valence-electron chi connectivity index (χ3n) is 8.70. The van der Waals surface area contributed by atoms with Gasteiger partial charge in [-0.25, -0.2) is 9.78 Å². The van der Waals surface area contributed by atoms with Crippen molar-refractivity contribution in [2.75, 3.05) is 44.7 Å². The Morgan fingerprint density at radius 2 is 1.68 bits per heavy atom. The van der Waals surface area contributed by atoms with E-state index in [0.29, 0.717) is 43.6 Å². The highest BCUT2D eigenvalue weighted by Crippen LogP contribution is 2.38. The zero-order valence-corrected chi connectivity index (χ0v) is 25.5. The van der Waals surface area contributed by atoms with E-state index in [0.717, 1.165) is 42.6 Å². The van der Waals surface area contributed by atoms with Crippen molar-refractivity contribution in [3.63, 3.8) is 0 Å². The summed E-state index contributed by atoms with van der Waals surface area (Å²) in [6.45, 7) is 9.94. The molecule has 1 amide bonds. The maximum Gasteiger partial charge on any atom is 0.415 e. The standard InChI is InChI=1S/C33H39N7O4/c1-23(2)40-29(41)12-10-26-22-35-31(37-30(26)40)36-24(3)25-9-11-28(34-21-25)33(13-19-43-20-14-33)39-17-15-38(16-18-39)32(42)44-27-7-5-4-6-8-27/h4-12,21-24H,13-20H2,1-3H3,(H,35,36,37)/t24-/m0/s1. The molecular formula is C33H39N7O4. The van der Waals surface area contributed by atoms with Gasteiger partial charge in [0.2, 0.25) is 5.95 Å². The van der Waals surface area contributed by atoms with Gasteiger partial charge in [0, 0.05) is 69.3 Å². The summed E-state index contributed by atoms with van der Waals surface area (Å²) < 4.78 is 13.0. The second-order valence-electron chi connectivity index (χ2n) is 11.7. The monoisotopic (exact) mass is 597 g/mol. The van der Waals surface area contributed by atoms with Gasteiger partial charge in [0.25, 0.3) is 5.56 Å². The maximum absolute atomic E-state index is 12.8. The van der Waals surface area contributed by atoms with Gasteiger partial charge >= 0.3 is 6.09 Å². The minimum atomic E-state index is -0.316. The summed E-state index contributed by atoms with van der Waals surface area (Å²) >= 11 is 0. The Labute approximate surface area is 256 Å². The molecule has 0 unspecified atom stereocenters. The van der Waals surface area contributed by atoms with Crippen LogP contribution in [0.4, 0.5) is 10.7 Å². The fourth-order valence-corrected chi connectivity index (χ4v) is 6.24. The second-order valence-corrected chi connectivity index (χ2v) is 11.7. The van der Waals surface area contributed by atoms with Crippen LogP contribution >= 0.6 is 0 Å². The van der Waals surface area contributed by atoms with Crippen molar-refractivity contribution >= 4 is 23.1 Å². The Morgan fingerprint density at radius 3 is 2.36 bits per heavy atom. The van der Waals surface area contributed by atoms with Crippen LogP contribution in [0.25, 0.3) is 11.0 Å². The lowest BCUT2D eigenvalue weighted by Gasteiger charge is -2.49. The highest BCUT2D eigenvalue weighted by Gasteiger charge is 2.43. The minimum absolute atomic E-state index is 0.0216. The Kier molecular flexibility index (Phi) is 8.58. The van der Waals surface area contributed by atoms with E-state index >= 15 is 0 Å². The van der Waals surface area contributed by atoms with Gasteiger partial charge in [-0.1, -0.05) is 24.3 Å². The number of nitrogens with one attached hydrogen (secondary N) is 1. The summed E-state index contributed by atoms with van der Waals surface area (Å²) in [6.07, 6.45) is 5.02. The minimum Gasteiger partial charge on any atom is -0.410 e. The first-order chi connectivity index (χ1) is 21.3. The fraction of sp³-hybridized carbons (Fsp3) is 0.424. The summed E-state index contributed by atoms with van der Waals surface area (Å²) in [6, 6.07) is 16.6. The molecule has 11 nitrogen and oxygen atoms in total. The number of rotatable bonds is 7. The summed E-state index contributed by atoms with van der Waals surface area (Å²) in [7, 11) is 0. The number of hydrogen-bond donors (Lipinski definition) is 1. The third kappa shape index (κ3) is 6.02. The average molecular weight is 598 g/mol. The fourth-order valence-electron chi connectivity index (χ4n) is 6.24. The van der Waals surface area contributed by atoms with Crippen LogP contribution in [-0.4, -0.2) is 74.8 Å². The number of pyridine rings is 2. The van der Waals surface area contributed by atoms with Crippen molar-refractivity contribution < 1.29 is 14.3 Å². The first-order valence-electron chi connectivity index (χ1n) is 15.3. The molecule has 0 bridgehead atoms. The number of nitrogens with zero attached hydrogens (tertiary/aromatic N) is 6. The van der Waals surface area contributed by atoms with E-state index in [-0.39, 0.29) is 29.3 Å². The van der Waals surface area contributed by atoms with Crippen molar-refractivity contribution in [1.82, 2.24) is 29.3 Å². The molecule has 2 aliphatic heterocycles. The topological polar surface area (TPSA) is 115 Å². The number of amides is 1. The first kappa shape index (κ1) is 29.7. The molecule has 5 heterocycles. The number of para-hydroxylation sites is 1. The summed E-state index contributed by atoms with van der Waals surface area (Å²) in [5.41, 5.74) is 2.29. The molecule has 0 aliphatic carbocycles. The number of anilines is 1. The summed E-state index contributed by atoms with van der Waals surface area (Å²) in [4.78, 5) is 43.7. The highest BCUT2D eigenvalue weighted by molar-refractivity contribution is 5.75. The number of hydrogen-bond acceptors (Lipinski definition) is 9. The van der Waals surface area contributed by atoms with Gasteiger partial charge in [-0.3, -0.25) is 19.2 Å². The molecule has 1 atom stereocenters. The number of piperazine rings is 1. The van der Waals surface area contributed by atoms with E-state index in [1.807, 2.05) is 45.2 Å². The quantitative estimate of drug-likeness (QED) is 0.322. The van der Waals surface area contributed by atoms with Crippen molar-refractivity contribution in [2.45, 2.75) is 51.2 Å². The SMILES string of the molecule is CC(C)n1c(=O)ccc2cnc(N[C@@H](C)c3ccc(C4(N5CCN(C(=O)Oc6ccccc6)CC5)CCOCC4)nc3)nc21. The van der Waals surface area contributed by atoms with Gasteiger partial charge in [-0.15, -0.1) is 0 Å². The van der Waals surface area contributed by atoms with E-state index in [2.05, 4.69) is 27.3 Å². The smallest absolute Gasteiger partial charge is 0.410 e. The molecule has 0 saturated carbocycles. The Morgan fingerprint density at radius 1 is 0.932 bits per heavy atom. The van der Waals surface area contributed by atoms with E-state index < -0.39 is 0 Å². The van der Waals surface area contributed by atoms with Gasteiger partial charge in [0.1, 0.15) is 11.4 Å². The van der Waals surface area contributed by atoms with Crippen LogP contribution in [0.1, 0.15) is 57.0 Å². The van der Waals surface area contributed by atoms with Crippen LogP contribution in [-0.2, 0) is 10.3 Å². The molecule has 2 fully saturated rings. The Balaban J connectivity index is 1.15. The van der Waals surface area contributed by atoms with Gasteiger partial charge in [0.15, 0.2) is 0 Å². The number of benzene rings is 1. The molecule has 1 aromatic carbocycles. The molecular weight excluding hydrogens is 558 g/mol. The Bertz CT molecular complexity index is 1640. The van der Waals surface area contributed by atoms with Crippen molar-refractivity contribution in [1.29, 1.82) is 0 Å². The number of aromatic nitrogens is 4. The van der Waals surface area contributed by atoms with E-state index in [1.165, 1.54) is 0 Å². The molecule has 11 heteroatoms. The van der Waals surface area contributed by atoms with Crippen LogP contribution < -0.4 is 15.6 Å². The normalized spacial score (nSPS) is 17.9. The molecule has 3 aromatic heterocycles. The summed E-state index contributed by atoms with van der Waals surface area (Å²) in [5, 5.41) is 4.20. The highest BCUT2D eigenvalue weighted by atomic mass is 16.6. The molecule has 6 rings (SSSR count). The number of carbonyl (C=O) groups is 1. The molecule has 0 spiro atoms. The number of carbonyl (C=O) groups excluding carboxylic acids is 1. The van der Waals surface area contributed by atoms with Gasteiger partial charge in [0.05, 0.1) is 17.3 Å². The van der Waals surface area contributed by atoms with E-state index in [9.17, 15) is 9.59 Å². The number of ether oxygens (including phenoxy) is 2. The largest absolute Gasteiger partial charge is 0.415 e. The molecule has 2 saturated heterocycles. The zero-order valence-electron chi connectivity index (χ0n) is 25.5. The molecule has 0 radical (unpaired) electrons. The second kappa shape index (κ2) is 12.7.